The van der Waals surface area contributed by atoms with Crippen molar-refractivity contribution >= 4 is 5.83 Å². The zero-order valence-corrected chi connectivity index (χ0v) is 25.8. The van der Waals surface area contributed by atoms with Crippen LogP contribution in [0.2, 0.25) is 0 Å². The van der Waals surface area contributed by atoms with Crippen molar-refractivity contribution in [2.75, 3.05) is 0 Å². The van der Waals surface area contributed by atoms with Crippen molar-refractivity contribution in [2.45, 2.75) is 108 Å². The molecule has 2 fully saturated rings. The van der Waals surface area contributed by atoms with E-state index in [9.17, 15) is 22.0 Å². The number of hydrogen-bond acceptors (Lipinski definition) is 0. The van der Waals surface area contributed by atoms with Crippen LogP contribution < -0.4 is 0 Å². The highest BCUT2D eigenvalue weighted by atomic mass is 19.2. The van der Waals surface area contributed by atoms with E-state index in [1.54, 1.807) is 12.1 Å². The zero-order chi connectivity index (χ0) is 32.1. The molecule has 0 aliphatic heterocycles. The fourth-order valence-electron chi connectivity index (χ4n) is 7.35. The molecular formula is C38H41F7. The molecule has 0 saturated heterocycles. The van der Waals surface area contributed by atoms with Gasteiger partial charge in [0.1, 0.15) is 17.5 Å². The Kier molecular flexibility index (Phi) is 11.1. The highest BCUT2D eigenvalue weighted by Crippen LogP contribution is 2.43. The summed E-state index contributed by atoms with van der Waals surface area (Å²) in [7, 11) is 0. The maximum absolute atomic E-state index is 15.2. The molecule has 0 radical (unpaired) electrons. The largest absolute Gasteiger partial charge is 0.209 e. The average Bonchev–Trinajstić information content (AvgIpc) is 3.05. The van der Waals surface area contributed by atoms with Gasteiger partial charge in [-0.1, -0.05) is 37.6 Å². The number of hydrogen-bond donors (Lipinski definition) is 0. The van der Waals surface area contributed by atoms with Gasteiger partial charge in [-0.25, -0.2) is 30.7 Å². The number of benzene rings is 3. The number of aryl methyl sites for hydroxylation is 1. The Morgan fingerprint density at radius 3 is 1.76 bits per heavy atom. The van der Waals surface area contributed by atoms with Gasteiger partial charge in [-0.2, -0.15) is 0 Å². The van der Waals surface area contributed by atoms with Crippen molar-refractivity contribution in [2.24, 2.45) is 5.92 Å². The maximum Gasteiger partial charge on any atom is 0.194 e. The van der Waals surface area contributed by atoms with Gasteiger partial charge in [0.2, 0.25) is 0 Å². The van der Waals surface area contributed by atoms with Crippen molar-refractivity contribution in [1.82, 2.24) is 0 Å². The van der Waals surface area contributed by atoms with Gasteiger partial charge >= 0.3 is 0 Å². The van der Waals surface area contributed by atoms with Crippen LogP contribution in [0.3, 0.4) is 0 Å². The van der Waals surface area contributed by atoms with E-state index in [1.165, 1.54) is 12.1 Å². The molecule has 0 unspecified atom stereocenters. The van der Waals surface area contributed by atoms with E-state index in [-0.39, 0.29) is 29.4 Å². The molecule has 242 valence electrons. The summed E-state index contributed by atoms with van der Waals surface area (Å²) in [6.45, 7) is 1.94. The molecule has 0 heterocycles. The summed E-state index contributed by atoms with van der Waals surface area (Å²) in [5, 5.41) is 0. The second-order valence-corrected chi connectivity index (χ2v) is 13.0. The van der Waals surface area contributed by atoms with Gasteiger partial charge in [0.05, 0.1) is 0 Å². The normalized spacial score (nSPS) is 22.8. The van der Waals surface area contributed by atoms with Crippen molar-refractivity contribution in [1.29, 1.82) is 0 Å². The molecule has 3 aromatic rings. The molecule has 5 rings (SSSR count). The molecule has 0 bridgehead atoms. The average molecular weight is 631 g/mol. The summed E-state index contributed by atoms with van der Waals surface area (Å²) in [6, 6.07) is 12.0. The second kappa shape index (κ2) is 15.0. The van der Waals surface area contributed by atoms with E-state index in [1.807, 2.05) is 19.1 Å². The minimum Gasteiger partial charge on any atom is -0.209 e. The number of rotatable bonds is 10. The van der Waals surface area contributed by atoms with E-state index in [0.717, 1.165) is 56.2 Å². The molecule has 0 aromatic heterocycles. The molecule has 0 N–H and O–H groups in total. The molecule has 7 heteroatoms. The minimum absolute atomic E-state index is 0.0827. The van der Waals surface area contributed by atoms with Gasteiger partial charge in [0.15, 0.2) is 23.3 Å². The number of allylic oxidation sites excluding steroid dienone is 1. The maximum atomic E-state index is 15.2. The first-order chi connectivity index (χ1) is 21.6. The Labute approximate surface area is 261 Å². The molecule has 0 amide bonds. The van der Waals surface area contributed by atoms with Crippen LogP contribution in [0.1, 0.15) is 130 Å². The summed E-state index contributed by atoms with van der Waals surface area (Å²) in [6.07, 6.45) is 8.90. The summed E-state index contributed by atoms with van der Waals surface area (Å²) in [5.41, 5.74) is 2.51. The lowest BCUT2D eigenvalue weighted by atomic mass is 9.75. The molecule has 2 aliphatic carbocycles. The predicted octanol–water partition coefficient (Wildman–Crippen LogP) is 12.5. The third-order valence-electron chi connectivity index (χ3n) is 10.1. The summed E-state index contributed by atoms with van der Waals surface area (Å²) in [4.78, 5) is 0. The molecule has 0 spiro atoms. The number of halogens is 7. The lowest BCUT2D eigenvalue weighted by Crippen LogP contribution is -2.16. The smallest absolute Gasteiger partial charge is 0.194 e. The zero-order valence-electron chi connectivity index (χ0n) is 25.8. The van der Waals surface area contributed by atoms with Crippen LogP contribution in [-0.4, -0.2) is 0 Å². The SMILES string of the molecule is CCCC/C(F)=C(\F)c1ccc(C2CCC(CCc3cc(F)c(C4CCC(c5cc(F)c(F)c(F)c5)CC4)c(F)c3)CC2)cc1. The van der Waals surface area contributed by atoms with Crippen molar-refractivity contribution in [3.8, 4) is 0 Å². The van der Waals surface area contributed by atoms with Crippen LogP contribution in [-0.2, 0) is 6.42 Å². The fourth-order valence-corrected chi connectivity index (χ4v) is 7.35. The van der Waals surface area contributed by atoms with Crippen LogP contribution in [0.4, 0.5) is 30.7 Å². The summed E-state index contributed by atoms with van der Waals surface area (Å²) in [5.74, 6) is -6.18. The van der Waals surface area contributed by atoms with Crippen LogP contribution in [0, 0.1) is 35.0 Å². The second-order valence-electron chi connectivity index (χ2n) is 13.0. The van der Waals surface area contributed by atoms with Crippen molar-refractivity contribution < 1.29 is 30.7 Å². The summed E-state index contributed by atoms with van der Waals surface area (Å²) >= 11 is 0. The Morgan fingerprint density at radius 1 is 0.644 bits per heavy atom. The van der Waals surface area contributed by atoms with E-state index < -0.39 is 40.7 Å². The Balaban J connectivity index is 1.11. The van der Waals surface area contributed by atoms with Crippen molar-refractivity contribution in [3.63, 3.8) is 0 Å². The molecule has 45 heavy (non-hydrogen) atoms. The highest BCUT2D eigenvalue weighted by molar-refractivity contribution is 5.61. The minimum atomic E-state index is -1.49. The lowest BCUT2D eigenvalue weighted by molar-refractivity contribution is 0.310. The predicted molar refractivity (Wildman–Crippen MR) is 165 cm³/mol. The standard InChI is InChI=1S/C38H41F7/c1-2-3-4-31(39)37(44)29-17-13-26(14-18-29)25-9-7-23(8-10-25)5-6-24-19-32(40)36(33(41)20-24)28-15-11-27(12-16-28)30-21-34(42)38(45)35(43)22-30/h13-14,17-23,25,27-28H,2-12,15-16H2,1H3/b37-31+. The molecule has 3 aromatic carbocycles. The van der Waals surface area contributed by atoms with E-state index in [2.05, 4.69) is 0 Å². The first-order valence-corrected chi connectivity index (χ1v) is 16.4. The van der Waals surface area contributed by atoms with E-state index in [0.29, 0.717) is 61.5 Å². The van der Waals surface area contributed by atoms with Gasteiger partial charge < -0.3 is 0 Å². The third kappa shape index (κ3) is 8.01. The van der Waals surface area contributed by atoms with Gasteiger partial charge in [0.25, 0.3) is 0 Å². The van der Waals surface area contributed by atoms with Crippen LogP contribution in [0.5, 0.6) is 0 Å². The topological polar surface area (TPSA) is 0 Å². The van der Waals surface area contributed by atoms with E-state index >= 15 is 8.78 Å². The Morgan fingerprint density at radius 2 is 1.18 bits per heavy atom. The van der Waals surface area contributed by atoms with Crippen LogP contribution in [0.15, 0.2) is 54.4 Å². The molecule has 0 nitrogen and oxygen atoms in total. The van der Waals surface area contributed by atoms with Crippen LogP contribution in [0.25, 0.3) is 5.83 Å². The third-order valence-corrected chi connectivity index (χ3v) is 10.1. The van der Waals surface area contributed by atoms with Crippen LogP contribution >= 0.6 is 0 Å². The molecule has 0 atom stereocenters. The van der Waals surface area contributed by atoms with Crippen molar-refractivity contribution in [3.05, 3.63) is 111 Å². The first-order valence-electron chi connectivity index (χ1n) is 16.4. The number of unbranched alkanes of at least 4 members (excludes halogenated alkanes) is 1. The quantitative estimate of drug-likeness (QED) is 0.154. The Hall–Kier alpha value is -3.09. The molecule has 2 aliphatic rings. The highest BCUT2D eigenvalue weighted by Gasteiger charge is 2.29. The first kappa shape index (κ1) is 33.3. The molecule has 2 saturated carbocycles. The van der Waals surface area contributed by atoms with Gasteiger partial charge in [-0.3, -0.25) is 0 Å². The van der Waals surface area contributed by atoms with E-state index in [4.69, 9.17) is 0 Å². The lowest BCUT2D eigenvalue weighted by Gasteiger charge is -2.30. The van der Waals surface area contributed by atoms with Gasteiger partial charge in [0, 0.05) is 17.5 Å². The monoisotopic (exact) mass is 630 g/mol. The fraction of sp³-hybridized carbons (Fsp3) is 0.474. The summed E-state index contributed by atoms with van der Waals surface area (Å²) < 4.78 is 99.6. The molecular weight excluding hydrogens is 589 g/mol. The van der Waals surface area contributed by atoms with Gasteiger partial charge in [-0.15, -0.1) is 0 Å². The Bertz CT molecular complexity index is 1430. The van der Waals surface area contributed by atoms with Gasteiger partial charge in [-0.05, 0) is 135 Å².